The van der Waals surface area contributed by atoms with Crippen LogP contribution in [0.3, 0.4) is 0 Å². The van der Waals surface area contributed by atoms with Crippen molar-refractivity contribution >= 4 is 5.78 Å². The third-order valence-electron chi connectivity index (χ3n) is 3.58. The number of unbranched alkanes of at least 4 members (excludes halogenated alkanes) is 1. The number of hydrogen-bond donors (Lipinski definition) is 0. The van der Waals surface area contributed by atoms with E-state index in [0.29, 0.717) is 11.5 Å². The standard InChI is InChI=1S/C17H26O3/c1-5-7-9-13(8-6-2)17(18)14-10-11-15(19-3)16(12-14)20-4/h10-13H,5-9H2,1-4H3. The molecule has 112 valence electrons. The highest BCUT2D eigenvalue weighted by molar-refractivity contribution is 5.98. The molecule has 0 bridgehead atoms. The molecule has 1 aromatic rings. The summed E-state index contributed by atoms with van der Waals surface area (Å²) in [6, 6.07) is 5.42. The average Bonchev–Trinajstić information content (AvgIpc) is 2.49. The van der Waals surface area contributed by atoms with E-state index in [1.807, 2.05) is 6.07 Å². The predicted octanol–water partition coefficient (Wildman–Crippen LogP) is 4.49. The smallest absolute Gasteiger partial charge is 0.166 e. The summed E-state index contributed by atoms with van der Waals surface area (Å²) in [5, 5.41) is 0. The topological polar surface area (TPSA) is 35.5 Å². The summed E-state index contributed by atoms with van der Waals surface area (Å²) in [7, 11) is 3.19. The molecule has 0 aliphatic heterocycles. The van der Waals surface area contributed by atoms with Gasteiger partial charge in [0.1, 0.15) is 0 Å². The summed E-state index contributed by atoms with van der Waals surface area (Å²) in [6.07, 6.45) is 5.18. The molecule has 1 rings (SSSR count). The van der Waals surface area contributed by atoms with E-state index in [1.165, 1.54) is 0 Å². The highest BCUT2D eigenvalue weighted by Crippen LogP contribution is 2.30. The molecule has 0 aliphatic rings. The number of carbonyl (C=O) groups excluding carboxylic acids is 1. The maximum Gasteiger partial charge on any atom is 0.166 e. The maximum atomic E-state index is 12.6. The van der Waals surface area contributed by atoms with E-state index in [9.17, 15) is 4.79 Å². The zero-order valence-corrected chi connectivity index (χ0v) is 13.1. The first-order valence-electron chi connectivity index (χ1n) is 7.44. The average molecular weight is 278 g/mol. The Hall–Kier alpha value is -1.51. The molecule has 0 saturated heterocycles. The number of ether oxygens (including phenoxy) is 2. The second kappa shape index (κ2) is 8.62. The van der Waals surface area contributed by atoms with Crippen LogP contribution in [0.1, 0.15) is 56.3 Å². The minimum Gasteiger partial charge on any atom is -0.493 e. The molecule has 1 aromatic carbocycles. The van der Waals surface area contributed by atoms with Crippen molar-refractivity contribution in [3.63, 3.8) is 0 Å². The van der Waals surface area contributed by atoms with Crippen LogP contribution in [0.15, 0.2) is 18.2 Å². The zero-order valence-electron chi connectivity index (χ0n) is 13.1. The lowest BCUT2D eigenvalue weighted by molar-refractivity contribution is 0.0903. The third kappa shape index (κ3) is 4.26. The van der Waals surface area contributed by atoms with Gasteiger partial charge in [0, 0.05) is 11.5 Å². The molecule has 0 heterocycles. The van der Waals surface area contributed by atoms with E-state index >= 15 is 0 Å². The Kier molecular flexibility index (Phi) is 7.13. The number of Topliss-reactive ketones (excluding diaryl/α,β-unsaturated/α-hetero) is 1. The molecule has 0 aliphatic carbocycles. The Morgan fingerprint density at radius 3 is 2.30 bits per heavy atom. The van der Waals surface area contributed by atoms with Gasteiger partial charge in [-0.2, -0.15) is 0 Å². The van der Waals surface area contributed by atoms with Gasteiger partial charge in [-0.3, -0.25) is 4.79 Å². The van der Waals surface area contributed by atoms with Crippen LogP contribution in [0, 0.1) is 5.92 Å². The lowest BCUT2D eigenvalue weighted by atomic mass is 9.89. The molecule has 0 saturated carbocycles. The van der Waals surface area contributed by atoms with Gasteiger partial charge in [0.2, 0.25) is 0 Å². The predicted molar refractivity (Wildman–Crippen MR) is 81.8 cm³/mol. The minimum atomic E-state index is 0.123. The zero-order chi connectivity index (χ0) is 15.0. The van der Waals surface area contributed by atoms with Gasteiger partial charge in [-0.25, -0.2) is 0 Å². The first-order valence-corrected chi connectivity index (χ1v) is 7.44. The minimum absolute atomic E-state index is 0.123. The van der Waals surface area contributed by atoms with Gasteiger partial charge in [0.05, 0.1) is 14.2 Å². The molecule has 0 N–H and O–H groups in total. The first kappa shape index (κ1) is 16.5. The van der Waals surface area contributed by atoms with Gasteiger partial charge in [0.25, 0.3) is 0 Å². The van der Waals surface area contributed by atoms with Crippen molar-refractivity contribution in [3.8, 4) is 11.5 Å². The Balaban J connectivity index is 2.93. The van der Waals surface area contributed by atoms with Crippen molar-refractivity contribution < 1.29 is 14.3 Å². The van der Waals surface area contributed by atoms with Crippen LogP contribution in [-0.4, -0.2) is 20.0 Å². The maximum absolute atomic E-state index is 12.6. The van der Waals surface area contributed by atoms with Crippen LogP contribution in [0.2, 0.25) is 0 Å². The molecule has 0 radical (unpaired) electrons. The molecule has 20 heavy (non-hydrogen) atoms. The number of carbonyl (C=O) groups is 1. The Morgan fingerprint density at radius 2 is 1.75 bits per heavy atom. The fourth-order valence-electron chi connectivity index (χ4n) is 2.43. The number of benzene rings is 1. The Bertz CT molecular complexity index is 426. The fourth-order valence-corrected chi connectivity index (χ4v) is 2.43. The number of methoxy groups -OCH3 is 2. The summed E-state index contributed by atoms with van der Waals surface area (Å²) in [5.41, 5.74) is 0.720. The summed E-state index contributed by atoms with van der Waals surface area (Å²) in [4.78, 5) is 12.6. The van der Waals surface area contributed by atoms with Crippen LogP contribution >= 0.6 is 0 Å². The van der Waals surface area contributed by atoms with Crippen molar-refractivity contribution in [3.05, 3.63) is 23.8 Å². The van der Waals surface area contributed by atoms with E-state index in [2.05, 4.69) is 13.8 Å². The molecule has 0 amide bonds. The lowest BCUT2D eigenvalue weighted by Crippen LogP contribution is -2.15. The molecule has 1 atom stereocenters. The van der Waals surface area contributed by atoms with Crippen LogP contribution < -0.4 is 9.47 Å². The summed E-state index contributed by atoms with van der Waals surface area (Å²) in [6.45, 7) is 4.28. The third-order valence-corrected chi connectivity index (χ3v) is 3.58. The molecular weight excluding hydrogens is 252 g/mol. The summed E-state index contributed by atoms with van der Waals surface area (Å²) in [5.74, 6) is 1.62. The van der Waals surface area contributed by atoms with E-state index in [-0.39, 0.29) is 11.7 Å². The first-order chi connectivity index (χ1) is 9.67. The second-order valence-corrected chi connectivity index (χ2v) is 5.06. The normalized spacial score (nSPS) is 12.0. The van der Waals surface area contributed by atoms with Gasteiger partial charge in [-0.05, 0) is 31.0 Å². The van der Waals surface area contributed by atoms with Crippen molar-refractivity contribution in [2.45, 2.75) is 46.0 Å². The number of rotatable bonds is 9. The summed E-state index contributed by atoms with van der Waals surface area (Å²) < 4.78 is 10.5. The quantitative estimate of drug-likeness (QED) is 0.624. The molecule has 0 aromatic heterocycles. The van der Waals surface area contributed by atoms with Gasteiger partial charge in [-0.1, -0.05) is 33.1 Å². The molecule has 3 heteroatoms. The van der Waals surface area contributed by atoms with Gasteiger partial charge < -0.3 is 9.47 Å². The molecule has 0 fully saturated rings. The Labute approximate surface area is 122 Å². The SMILES string of the molecule is CCCCC(CCC)C(=O)c1ccc(OC)c(OC)c1. The van der Waals surface area contributed by atoms with Crippen LogP contribution in [0.5, 0.6) is 11.5 Å². The number of ketones is 1. The van der Waals surface area contributed by atoms with E-state index in [0.717, 1.165) is 37.7 Å². The van der Waals surface area contributed by atoms with Gasteiger partial charge >= 0.3 is 0 Å². The molecule has 0 spiro atoms. The van der Waals surface area contributed by atoms with Gasteiger partial charge in [0.15, 0.2) is 17.3 Å². The van der Waals surface area contributed by atoms with Crippen molar-refractivity contribution in [1.82, 2.24) is 0 Å². The molecule has 3 nitrogen and oxygen atoms in total. The van der Waals surface area contributed by atoms with Gasteiger partial charge in [-0.15, -0.1) is 0 Å². The van der Waals surface area contributed by atoms with Crippen molar-refractivity contribution in [2.24, 2.45) is 5.92 Å². The lowest BCUT2D eigenvalue weighted by Gasteiger charge is -2.16. The van der Waals surface area contributed by atoms with E-state index < -0.39 is 0 Å². The van der Waals surface area contributed by atoms with E-state index in [4.69, 9.17) is 9.47 Å². The van der Waals surface area contributed by atoms with Crippen LogP contribution in [0.4, 0.5) is 0 Å². The Morgan fingerprint density at radius 1 is 1.05 bits per heavy atom. The monoisotopic (exact) mass is 278 g/mol. The van der Waals surface area contributed by atoms with Crippen LogP contribution in [-0.2, 0) is 0 Å². The van der Waals surface area contributed by atoms with E-state index in [1.54, 1.807) is 26.4 Å². The summed E-state index contributed by atoms with van der Waals surface area (Å²) >= 11 is 0. The second-order valence-electron chi connectivity index (χ2n) is 5.06. The molecular formula is C17H26O3. The number of hydrogen-bond acceptors (Lipinski definition) is 3. The largest absolute Gasteiger partial charge is 0.493 e. The van der Waals surface area contributed by atoms with Crippen LogP contribution in [0.25, 0.3) is 0 Å². The highest BCUT2D eigenvalue weighted by atomic mass is 16.5. The van der Waals surface area contributed by atoms with Crippen molar-refractivity contribution in [2.75, 3.05) is 14.2 Å². The fraction of sp³-hybridized carbons (Fsp3) is 0.588. The van der Waals surface area contributed by atoms with Crippen molar-refractivity contribution in [1.29, 1.82) is 0 Å². The molecule has 1 unspecified atom stereocenters. The highest BCUT2D eigenvalue weighted by Gasteiger charge is 2.20.